The van der Waals surface area contributed by atoms with Crippen molar-refractivity contribution in [2.24, 2.45) is 0 Å². The molecule has 0 saturated carbocycles. The Bertz CT molecular complexity index is 354. The maximum Gasteiger partial charge on any atom is 0.131 e. The zero-order valence-corrected chi connectivity index (χ0v) is 9.70. The monoisotopic (exact) mass is 242 g/mol. The molecule has 0 bridgehead atoms. The smallest absolute Gasteiger partial charge is 0.131 e. The average molecular weight is 243 g/mol. The molecule has 0 atom stereocenters. The van der Waals surface area contributed by atoms with Crippen LogP contribution in [-0.2, 0) is 4.74 Å². The topological polar surface area (TPSA) is 54.4 Å². The molecule has 88 valence electrons. The number of aliphatic hydroxyl groups is 1. The van der Waals surface area contributed by atoms with Crippen molar-refractivity contribution < 1.29 is 9.84 Å². The standard InChI is InChI=1S/C11H15ClN2O2/c12-9-2-1-3-10(14-9)13-8-11(15)4-6-16-7-5-11/h1-3,15H,4-8H2,(H,13,14). The van der Waals surface area contributed by atoms with Gasteiger partial charge in [-0.1, -0.05) is 17.7 Å². The largest absolute Gasteiger partial charge is 0.388 e. The van der Waals surface area contributed by atoms with E-state index in [2.05, 4.69) is 10.3 Å². The van der Waals surface area contributed by atoms with Gasteiger partial charge in [0.1, 0.15) is 11.0 Å². The second-order valence-corrected chi connectivity index (χ2v) is 4.42. The molecule has 0 amide bonds. The van der Waals surface area contributed by atoms with Gasteiger partial charge in [-0.15, -0.1) is 0 Å². The molecule has 0 spiro atoms. The van der Waals surface area contributed by atoms with Gasteiger partial charge in [-0.05, 0) is 12.1 Å². The number of hydrogen-bond acceptors (Lipinski definition) is 4. The van der Waals surface area contributed by atoms with E-state index in [1.165, 1.54) is 0 Å². The van der Waals surface area contributed by atoms with Gasteiger partial charge in [0.2, 0.25) is 0 Å². The fraction of sp³-hybridized carbons (Fsp3) is 0.545. The summed E-state index contributed by atoms with van der Waals surface area (Å²) >= 11 is 5.77. The highest BCUT2D eigenvalue weighted by Gasteiger charge is 2.29. The quantitative estimate of drug-likeness (QED) is 0.792. The van der Waals surface area contributed by atoms with Crippen molar-refractivity contribution >= 4 is 17.4 Å². The molecule has 1 aliphatic rings. The zero-order chi connectivity index (χ0) is 11.4. The number of nitrogens with one attached hydrogen (secondary N) is 1. The third kappa shape index (κ3) is 3.07. The van der Waals surface area contributed by atoms with Crippen LogP contribution in [0, 0.1) is 0 Å². The summed E-state index contributed by atoms with van der Waals surface area (Å²) in [7, 11) is 0. The second-order valence-electron chi connectivity index (χ2n) is 4.04. The minimum atomic E-state index is -0.692. The molecule has 0 aromatic carbocycles. The average Bonchev–Trinajstić information content (AvgIpc) is 2.28. The van der Waals surface area contributed by atoms with Crippen LogP contribution in [0.25, 0.3) is 0 Å². The Morgan fingerprint density at radius 1 is 1.44 bits per heavy atom. The summed E-state index contributed by atoms with van der Waals surface area (Å²) in [6.07, 6.45) is 1.31. The summed E-state index contributed by atoms with van der Waals surface area (Å²) in [5, 5.41) is 13.7. The van der Waals surface area contributed by atoms with Crippen LogP contribution in [0.2, 0.25) is 5.15 Å². The Balaban J connectivity index is 1.91. The molecule has 0 unspecified atom stereocenters. The third-order valence-corrected chi connectivity index (χ3v) is 2.95. The van der Waals surface area contributed by atoms with Crippen molar-refractivity contribution in [1.82, 2.24) is 4.98 Å². The van der Waals surface area contributed by atoms with Crippen molar-refractivity contribution in [3.8, 4) is 0 Å². The molecule has 0 aliphatic carbocycles. The van der Waals surface area contributed by atoms with Crippen LogP contribution in [0.4, 0.5) is 5.82 Å². The van der Waals surface area contributed by atoms with E-state index in [0.717, 1.165) is 0 Å². The Hall–Kier alpha value is -0.840. The Kier molecular flexibility index (Phi) is 3.63. The van der Waals surface area contributed by atoms with Gasteiger partial charge in [-0.25, -0.2) is 4.98 Å². The predicted octanol–water partition coefficient (Wildman–Crippen LogP) is 1.69. The lowest BCUT2D eigenvalue weighted by Crippen LogP contribution is -2.42. The first-order valence-corrected chi connectivity index (χ1v) is 5.72. The SMILES string of the molecule is OC1(CNc2cccc(Cl)n2)CCOCC1. The van der Waals surface area contributed by atoms with Gasteiger partial charge >= 0.3 is 0 Å². The van der Waals surface area contributed by atoms with Gasteiger partial charge in [-0.2, -0.15) is 0 Å². The van der Waals surface area contributed by atoms with Crippen molar-refractivity contribution in [3.05, 3.63) is 23.4 Å². The number of hydrogen-bond donors (Lipinski definition) is 2. The zero-order valence-electron chi connectivity index (χ0n) is 8.95. The van der Waals surface area contributed by atoms with Crippen molar-refractivity contribution in [3.63, 3.8) is 0 Å². The van der Waals surface area contributed by atoms with Gasteiger partial charge in [0.05, 0.1) is 5.60 Å². The lowest BCUT2D eigenvalue weighted by Gasteiger charge is -2.32. The Morgan fingerprint density at radius 3 is 2.88 bits per heavy atom. The van der Waals surface area contributed by atoms with Crippen LogP contribution in [0.15, 0.2) is 18.2 Å². The minimum Gasteiger partial charge on any atom is -0.388 e. The highest BCUT2D eigenvalue weighted by atomic mass is 35.5. The van der Waals surface area contributed by atoms with Crippen LogP contribution >= 0.6 is 11.6 Å². The van der Waals surface area contributed by atoms with Gasteiger partial charge in [-0.3, -0.25) is 0 Å². The van der Waals surface area contributed by atoms with E-state index < -0.39 is 5.60 Å². The van der Waals surface area contributed by atoms with Crippen LogP contribution in [0.5, 0.6) is 0 Å². The van der Waals surface area contributed by atoms with Crippen LogP contribution < -0.4 is 5.32 Å². The van der Waals surface area contributed by atoms with E-state index in [9.17, 15) is 5.11 Å². The summed E-state index contributed by atoms with van der Waals surface area (Å²) in [5.74, 6) is 0.687. The second kappa shape index (κ2) is 4.99. The molecule has 2 heterocycles. The van der Waals surface area contributed by atoms with E-state index in [4.69, 9.17) is 16.3 Å². The molecule has 16 heavy (non-hydrogen) atoms. The molecule has 1 aromatic rings. The number of anilines is 1. The lowest BCUT2D eigenvalue weighted by atomic mass is 9.94. The van der Waals surface area contributed by atoms with E-state index in [0.29, 0.717) is 43.6 Å². The van der Waals surface area contributed by atoms with E-state index >= 15 is 0 Å². The lowest BCUT2D eigenvalue weighted by molar-refractivity contribution is -0.0543. The molecule has 1 aliphatic heterocycles. The number of rotatable bonds is 3. The van der Waals surface area contributed by atoms with Crippen LogP contribution in [0.1, 0.15) is 12.8 Å². The van der Waals surface area contributed by atoms with Gasteiger partial charge in [0.15, 0.2) is 0 Å². The molecule has 4 nitrogen and oxygen atoms in total. The molecule has 1 fully saturated rings. The van der Waals surface area contributed by atoms with Crippen LogP contribution in [-0.4, -0.2) is 35.5 Å². The molecule has 5 heteroatoms. The van der Waals surface area contributed by atoms with Crippen LogP contribution in [0.3, 0.4) is 0 Å². The first kappa shape index (κ1) is 11.6. The highest BCUT2D eigenvalue weighted by Crippen LogP contribution is 2.21. The fourth-order valence-corrected chi connectivity index (χ4v) is 1.85. The number of nitrogens with zero attached hydrogens (tertiary/aromatic N) is 1. The van der Waals surface area contributed by atoms with E-state index in [-0.39, 0.29) is 0 Å². The summed E-state index contributed by atoms with van der Waals surface area (Å²) in [5.41, 5.74) is -0.692. The van der Waals surface area contributed by atoms with Crippen molar-refractivity contribution in [2.45, 2.75) is 18.4 Å². The summed E-state index contributed by atoms with van der Waals surface area (Å²) in [6, 6.07) is 5.37. The minimum absolute atomic E-state index is 0.448. The number of pyridine rings is 1. The normalized spacial score (nSPS) is 19.4. The summed E-state index contributed by atoms with van der Waals surface area (Å²) in [6.45, 7) is 1.70. The first-order chi connectivity index (χ1) is 7.68. The number of aromatic nitrogens is 1. The molecular formula is C11H15ClN2O2. The first-order valence-electron chi connectivity index (χ1n) is 5.35. The van der Waals surface area contributed by atoms with Gasteiger partial charge < -0.3 is 15.2 Å². The molecule has 2 N–H and O–H groups in total. The Morgan fingerprint density at radius 2 is 2.19 bits per heavy atom. The molecule has 1 saturated heterocycles. The Labute approximate surface area is 99.6 Å². The van der Waals surface area contributed by atoms with Crippen molar-refractivity contribution in [2.75, 3.05) is 25.1 Å². The highest BCUT2D eigenvalue weighted by molar-refractivity contribution is 6.29. The molecule has 2 rings (SSSR count). The predicted molar refractivity (Wildman–Crippen MR) is 62.7 cm³/mol. The van der Waals surface area contributed by atoms with Gasteiger partial charge in [0, 0.05) is 32.6 Å². The summed E-state index contributed by atoms with van der Waals surface area (Å²) in [4.78, 5) is 4.10. The maximum atomic E-state index is 10.2. The van der Waals surface area contributed by atoms with Gasteiger partial charge in [0.25, 0.3) is 0 Å². The fourth-order valence-electron chi connectivity index (χ4n) is 1.69. The van der Waals surface area contributed by atoms with E-state index in [1.807, 2.05) is 12.1 Å². The third-order valence-electron chi connectivity index (χ3n) is 2.74. The maximum absolute atomic E-state index is 10.2. The summed E-state index contributed by atoms with van der Waals surface area (Å²) < 4.78 is 5.21. The molecular weight excluding hydrogens is 228 g/mol. The van der Waals surface area contributed by atoms with Crippen molar-refractivity contribution in [1.29, 1.82) is 0 Å². The number of ether oxygens (including phenoxy) is 1. The number of halogens is 1. The van der Waals surface area contributed by atoms with E-state index in [1.54, 1.807) is 6.07 Å². The molecule has 1 aromatic heterocycles. The molecule has 0 radical (unpaired) electrons.